The molecule has 0 unspecified atom stereocenters. The van der Waals surface area contributed by atoms with Gasteiger partial charge in [-0.2, -0.15) is 13.2 Å². The van der Waals surface area contributed by atoms with E-state index in [0.29, 0.717) is 0 Å². The molecule has 0 spiro atoms. The number of alkyl halides is 3. The summed E-state index contributed by atoms with van der Waals surface area (Å²) in [6.07, 6.45) is -4.52. The summed E-state index contributed by atoms with van der Waals surface area (Å²) >= 11 is 0. The summed E-state index contributed by atoms with van der Waals surface area (Å²) < 4.78 is 37.8. The lowest BCUT2D eigenvalue weighted by Crippen LogP contribution is -2.41. The molecular formula is C12H17F3N4O. The van der Waals surface area contributed by atoms with Gasteiger partial charge >= 0.3 is 6.18 Å². The Kier molecular flexibility index (Phi) is 5.04. The molecular weight excluding hydrogens is 273 g/mol. The van der Waals surface area contributed by atoms with Crippen molar-refractivity contribution in [3.63, 3.8) is 0 Å². The number of carbonyl (C=O) groups is 1. The average Bonchev–Trinajstić information content (AvgIpc) is 2.33. The molecule has 1 N–H and O–H groups in total. The van der Waals surface area contributed by atoms with Crippen molar-refractivity contribution in [2.75, 3.05) is 14.1 Å². The van der Waals surface area contributed by atoms with E-state index >= 15 is 0 Å². The fourth-order valence-corrected chi connectivity index (χ4v) is 1.40. The number of likely N-dealkylation sites (N-methyl/N-ethyl adjacent to an activating group) is 1. The van der Waals surface area contributed by atoms with Gasteiger partial charge in [0.2, 0.25) is 5.91 Å². The molecule has 8 heteroatoms. The first-order valence-electron chi connectivity index (χ1n) is 5.97. The van der Waals surface area contributed by atoms with Crippen molar-refractivity contribution in [1.29, 1.82) is 0 Å². The average molecular weight is 290 g/mol. The standard InChI is InChI=1S/C12H17F3N4O/c1-7-5-9(12(13,14)15)18-10(17-7)6-16-11(20)8(2)19(3)4/h5,8H,6H2,1-4H3,(H,16,20)/t8-/m1/s1. The summed E-state index contributed by atoms with van der Waals surface area (Å²) in [5, 5.41) is 2.51. The van der Waals surface area contributed by atoms with E-state index < -0.39 is 11.9 Å². The zero-order valence-electron chi connectivity index (χ0n) is 11.7. The lowest BCUT2D eigenvalue weighted by atomic mass is 10.3. The van der Waals surface area contributed by atoms with Gasteiger partial charge in [-0.25, -0.2) is 9.97 Å². The van der Waals surface area contributed by atoms with Gasteiger partial charge in [0.25, 0.3) is 0 Å². The Labute approximate surface area is 115 Å². The maximum Gasteiger partial charge on any atom is 0.433 e. The van der Waals surface area contributed by atoms with Crippen LogP contribution in [0.1, 0.15) is 24.1 Å². The van der Waals surface area contributed by atoms with Crippen LogP contribution in [0.4, 0.5) is 13.2 Å². The maximum absolute atomic E-state index is 12.6. The molecule has 0 radical (unpaired) electrons. The second-order valence-electron chi connectivity index (χ2n) is 4.67. The summed E-state index contributed by atoms with van der Waals surface area (Å²) in [5.74, 6) is -0.356. The molecule has 1 aromatic rings. The fraction of sp³-hybridized carbons (Fsp3) is 0.583. The minimum atomic E-state index is -4.52. The molecule has 0 saturated carbocycles. The van der Waals surface area contributed by atoms with Crippen LogP contribution < -0.4 is 5.32 Å². The van der Waals surface area contributed by atoms with Gasteiger partial charge in [-0.1, -0.05) is 0 Å². The predicted molar refractivity (Wildman–Crippen MR) is 66.8 cm³/mol. The van der Waals surface area contributed by atoms with Crippen molar-refractivity contribution < 1.29 is 18.0 Å². The highest BCUT2D eigenvalue weighted by molar-refractivity contribution is 5.81. The van der Waals surface area contributed by atoms with E-state index in [1.165, 1.54) is 6.92 Å². The van der Waals surface area contributed by atoms with Gasteiger partial charge in [0.1, 0.15) is 11.5 Å². The van der Waals surface area contributed by atoms with Crippen LogP contribution in [0.2, 0.25) is 0 Å². The van der Waals surface area contributed by atoms with Gasteiger partial charge in [0.05, 0.1) is 12.6 Å². The normalized spacial score (nSPS) is 13.4. The molecule has 0 aliphatic heterocycles. The highest BCUT2D eigenvalue weighted by atomic mass is 19.4. The first-order chi connectivity index (χ1) is 9.11. The van der Waals surface area contributed by atoms with Gasteiger partial charge in [0, 0.05) is 5.69 Å². The summed E-state index contributed by atoms with van der Waals surface area (Å²) in [6, 6.07) is 0.482. The molecule has 1 rings (SSSR count). The zero-order chi connectivity index (χ0) is 15.5. The van der Waals surface area contributed by atoms with Crippen LogP contribution in [-0.4, -0.2) is 40.9 Å². The topological polar surface area (TPSA) is 58.1 Å². The van der Waals surface area contributed by atoms with Crippen LogP contribution in [0.25, 0.3) is 0 Å². The van der Waals surface area contributed by atoms with Gasteiger partial charge < -0.3 is 5.32 Å². The molecule has 1 aromatic heterocycles. The maximum atomic E-state index is 12.6. The number of rotatable bonds is 4. The Bertz CT molecular complexity index is 488. The van der Waals surface area contributed by atoms with Crippen LogP contribution in [0.15, 0.2) is 6.07 Å². The number of hydrogen-bond donors (Lipinski definition) is 1. The molecule has 0 bridgehead atoms. The summed E-state index contributed by atoms with van der Waals surface area (Å²) in [5.41, 5.74) is -0.799. The lowest BCUT2D eigenvalue weighted by Gasteiger charge is -2.18. The molecule has 0 saturated heterocycles. The van der Waals surface area contributed by atoms with Crippen molar-refractivity contribution in [3.8, 4) is 0 Å². The molecule has 5 nitrogen and oxygen atoms in total. The number of amides is 1. The number of nitrogens with one attached hydrogen (secondary N) is 1. The van der Waals surface area contributed by atoms with E-state index in [1.54, 1.807) is 25.9 Å². The number of halogens is 3. The third-order valence-electron chi connectivity index (χ3n) is 2.77. The van der Waals surface area contributed by atoms with Crippen molar-refractivity contribution in [1.82, 2.24) is 20.2 Å². The van der Waals surface area contributed by atoms with E-state index in [1.807, 2.05) is 0 Å². The van der Waals surface area contributed by atoms with E-state index in [9.17, 15) is 18.0 Å². The summed E-state index contributed by atoms with van der Waals surface area (Å²) in [6.45, 7) is 3.00. The molecule has 1 heterocycles. The van der Waals surface area contributed by atoms with Crippen molar-refractivity contribution in [2.45, 2.75) is 32.6 Å². The second-order valence-corrected chi connectivity index (χ2v) is 4.67. The molecule has 20 heavy (non-hydrogen) atoms. The van der Waals surface area contributed by atoms with E-state index in [2.05, 4.69) is 15.3 Å². The Hall–Kier alpha value is -1.70. The van der Waals surface area contributed by atoms with Crippen molar-refractivity contribution in [2.24, 2.45) is 0 Å². The molecule has 0 aliphatic carbocycles. The summed E-state index contributed by atoms with van der Waals surface area (Å²) in [7, 11) is 3.46. The van der Waals surface area contributed by atoms with Crippen LogP contribution in [0.5, 0.6) is 0 Å². The second kappa shape index (κ2) is 6.17. The predicted octanol–water partition coefficient (Wildman–Crippen LogP) is 1.37. The van der Waals surface area contributed by atoms with E-state index in [-0.39, 0.29) is 30.0 Å². The Morgan fingerprint density at radius 2 is 2.00 bits per heavy atom. The van der Waals surface area contributed by atoms with E-state index in [4.69, 9.17) is 0 Å². The van der Waals surface area contributed by atoms with Crippen molar-refractivity contribution in [3.05, 3.63) is 23.3 Å². The fourth-order valence-electron chi connectivity index (χ4n) is 1.40. The van der Waals surface area contributed by atoms with Crippen molar-refractivity contribution >= 4 is 5.91 Å². The van der Waals surface area contributed by atoms with Crippen LogP contribution in [0, 0.1) is 6.92 Å². The molecule has 112 valence electrons. The van der Waals surface area contributed by atoms with Gasteiger partial charge in [-0.05, 0) is 34.0 Å². The highest BCUT2D eigenvalue weighted by Crippen LogP contribution is 2.27. The molecule has 1 atom stereocenters. The summed E-state index contributed by atoms with van der Waals surface area (Å²) in [4.78, 5) is 20.7. The Balaban J connectivity index is 2.79. The van der Waals surface area contributed by atoms with Crippen LogP contribution in [-0.2, 0) is 17.5 Å². The minimum absolute atomic E-state index is 0.0587. The lowest BCUT2D eigenvalue weighted by molar-refractivity contribution is -0.141. The smallest absolute Gasteiger partial charge is 0.347 e. The molecule has 1 amide bonds. The minimum Gasteiger partial charge on any atom is -0.347 e. The van der Waals surface area contributed by atoms with Gasteiger partial charge in [-0.15, -0.1) is 0 Å². The van der Waals surface area contributed by atoms with Gasteiger partial charge in [-0.3, -0.25) is 9.69 Å². The number of carbonyl (C=O) groups excluding carboxylic acids is 1. The number of hydrogen-bond acceptors (Lipinski definition) is 4. The van der Waals surface area contributed by atoms with E-state index in [0.717, 1.165) is 6.07 Å². The van der Waals surface area contributed by atoms with Crippen LogP contribution >= 0.6 is 0 Å². The third-order valence-corrected chi connectivity index (χ3v) is 2.77. The monoisotopic (exact) mass is 290 g/mol. The quantitative estimate of drug-likeness (QED) is 0.910. The molecule has 0 aliphatic rings. The third kappa shape index (κ3) is 4.44. The first-order valence-corrected chi connectivity index (χ1v) is 5.97. The molecule has 0 aromatic carbocycles. The largest absolute Gasteiger partial charge is 0.433 e. The highest BCUT2D eigenvalue weighted by Gasteiger charge is 2.33. The zero-order valence-corrected chi connectivity index (χ0v) is 11.7. The molecule has 0 fully saturated rings. The number of aromatic nitrogens is 2. The van der Waals surface area contributed by atoms with Gasteiger partial charge in [0.15, 0.2) is 0 Å². The van der Waals surface area contributed by atoms with Crippen LogP contribution in [0.3, 0.4) is 0 Å². The first kappa shape index (κ1) is 16.4. The number of nitrogens with zero attached hydrogens (tertiary/aromatic N) is 3. The SMILES string of the molecule is Cc1cc(C(F)(F)F)nc(CNC(=O)[C@@H](C)N(C)C)n1. The Morgan fingerprint density at radius 3 is 2.50 bits per heavy atom. The number of aryl methyl sites for hydroxylation is 1. The Morgan fingerprint density at radius 1 is 1.40 bits per heavy atom.